The molecule has 0 fully saturated rings. The van der Waals surface area contributed by atoms with Crippen molar-refractivity contribution in [2.45, 2.75) is 20.3 Å². The maximum atomic E-state index is 4.11. The Labute approximate surface area is 123 Å². The molecule has 0 N–H and O–H groups in total. The van der Waals surface area contributed by atoms with Gasteiger partial charge in [-0.15, -0.1) is 11.3 Å². The summed E-state index contributed by atoms with van der Waals surface area (Å²) in [4.78, 5) is 10.9. The fraction of sp³-hybridized carbons (Fsp3) is 0.176. The van der Waals surface area contributed by atoms with E-state index in [4.69, 9.17) is 0 Å². The Morgan fingerprint density at radius 3 is 1.85 bits per heavy atom. The lowest BCUT2D eigenvalue weighted by Gasteiger charge is -2.02. The lowest BCUT2D eigenvalue weighted by Crippen LogP contribution is -1.85. The number of nitrogens with zero attached hydrogens (tertiary/aromatic N) is 2. The Morgan fingerprint density at radius 1 is 0.850 bits per heavy atom. The number of aromatic nitrogens is 2. The summed E-state index contributed by atoms with van der Waals surface area (Å²) in [6.07, 6.45) is 8.47. The van der Waals surface area contributed by atoms with E-state index in [2.05, 4.69) is 48.1 Å². The average molecular weight is 280 g/mol. The zero-order chi connectivity index (χ0) is 13.9. The van der Waals surface area contributed by atoms with Crippen LogP contribution in [0.4, 0.5) is 0 Å². The van der Waals surface area contributed by atoms with Gasteiger partial charge in [0.25, 0.3) is 0 Å². The SMILES string of the molecule is CCc1c(-c2ccncc2)sc(-c2ccncc2)c1C. The number of hydrogen-bond donors (Lipinski definition) is 0. The van der Waals surface area contributed by atoms with Gasteiger partial charge >= 0.3 is 0 Å². The first-order valence-electron chi connectivity index (χ1n) is 6.74. The molecule has 0 spiro atoms. The highest BCUT2D eigenvalue weighted by atomic mass is 32.1. The number of thiophene rings is 1. The lowest BCUT2D eigenvalue weighted by atomic mass is 10.0. The van der Waals surface area contributed by atoms with E-state index in [1.54, 1.807) is 0 Å². The summed E-state index contributed by atoms with van der Waals surface area (Å²) in [6.45, 7) is 4.44. The van der Waals surface area contributed by atoms with Crippen LogP contribution in [0.25, 0.3) is 20.9 Å². The quantitative estimate of drug-likeness (QED) is 0.692. The minimum Gasteiger partial charge on any atom is -0.265 e. The van der Waals surface area contributed by atoms with Crippen LogP contribution in [0.15, 0.2) is 49.1 Å². The highest BCUT2D eigenvalue weighted by Crippen LogP contribution is 2.41. The van der Waals surface area contributed by atoms with Crippen LogP contribution < -0.4 is 0 Å². The van der Waals surface area contributed by atoms with Gasteiger partial charge in [0.2, 0.25) is 0 Å². The molecule has 0 saturated carbocycles. The minimum absolute atomic E-state index is 1.05. The van der Waals surface area contributed by atoms with Crippen LogP contribution in [0.2, 0.25) is 0 Å². The molecule has 3 heterocycles. The van der Waals surface area contributed by atoms with Crippen LogP contribution in [-0.2, 0) is 6.42 Å². The highest BCUT2D eigenvalue weighted by Gasteiger charge is 2.15. The summed E-state index contributed by atoms with van der Waals surface area (Å²) >= 11 is 1.86. The van der Waals surface area contributed by atoms with Crippen molar-refractivity contribution in [1.82, 2.24) is 9.97 Å². The van der Waals surface area contributed by atoms with E-state index in [0.29, 0.717) is 0 Å². The molecular formula is C17H16N2S. The minimum atomic E-state index is 1.05. The van der Waals surface area contributed by atoms with Gasteiger partial charge in [-0.2, -0.15) is 0 Å². The molecule has 0 radical (unpaired) electrons. The second-order valence-electron chi connectivity index (χ2n) is 4.69. The first kappa shape index (κ1) is 13.0. The summed E-state index contributed by atoms with van der Waals surface area (Å²) in [6, 6.07) is 8.32. The Hall–Kier alpha value is -2.00. The van der Waals surface area contributed by atoms with E-state index in [1.807, 2.05) is 36.1 Å². The maximum Gasteiger partial charge on any atom is 0.0385 e. The Bertz CT molecular complexity index is 703. The van der Waals surface area contributed by atoms with Crippen molar-refractivity contribution in [3.8, 4) is 20.9 Å². The first-order valence-corrected chi connectivity index (χ1v) is 7.56. The smallest absolute Gasteiger partial charge is 0.0385 e. The molecule has 100 valence electrons. The lowest BCUT2D eigenvalue weighted by molar-refractivity contribution is 1.13. The summed E-state index contributed by atoms with van der Waals surface area (Å²) < 4.78 is 0. The van der Waals surface area contributed by atoms with Crippen molar-refractivity contribution < 1.29 is 0 Å². The number of hydrogen-bond acceptors (Lipinski definition) is 3. The molecule has 3 aromatic rings. The monoisotopic (exact) mass is 280 g/mol. The van der Waals surface area contributed by atoms with Crippen LogP contribution >= 0.6 is 11.3 Å². The molecule has 2 nitrogen and oxygen atoms in total. The van der Waals surface area contributed by atoms with Crippen LogP contribution in [0.5, 0.6) is 0 Å². The molecule has 0 aliphatic heterocycles. The normalized spacial score (nSPS) is 10.7. The van der Waals surface area contributed by atoms with Crippen LogP contribution in [-0.4, -0.2) is 9.97 Å². The molecule has 3 rings (SSSR count). The highest BCUT2D eigenvalue weighted by molar-refractivity contribution is 7.19. The van der Waals surface area contributed by atoms with Crippen molar-refractivity contribution in [1.29, 1.82) is 0 Å². The Morgan fingerprint density at radius 2 is 1.35 bits per heavy atom. The molecular weight excluding hydrogens is 264 g/mol. The Kier molecular flexibility index (Phi) is 3.61. The zero-order valence-corrected chi connectivity index (χ0v) is 12.4. The first-order chi connectivity index (χ1) is 9.81. The van der Waals surface area contributed by atoms with Crippen LogP contribution in [0, 0.1) is 6.92 Å². The Balaban J connectivity index is 2.18. The van der Waals surface area contributed by atoms with Crippen molar-refractivity contribution in [2.24, 2.45) is 0 Å². The maximum absolute atomic E-state index is 4.11. The summed E-state index contributed by atoms with van der Waals surface area (Å²) in [7, 11) is 0. The van der Waals surface area contributed by atoms with Gasteiger partial charge in [0.1, 0.15) is 0 Å². The van der Waals surface area contributed by atoms with E-state index in [-0.39, 0.29) is 0 Å². The van der Waals surface area contributed by atoms with E-state index >= 15 is 0 Å². The molecule has 0 atom stereocenters. The molecule has 0 saturated heterocycles. The fourth-order valence-electron chi connectivity index (χ4n) is 2.49. The third-order valence-electron chi connectivity index (χ3n) is 3.51. The predicted molar refractivity (Wildman–Crippen MR) is 84.9 cm³/mol. The standard InChI is InChI=1S/C17H16N2S/c1-3-15-12(2)16(13-4-8-18-9-5-13)20-17(15)14-6-10-19-11-7-14/h4-11H,3H2,1-2H3. The van der Waals surface area contributed by atoms with Crippen molar-refractivity contribution in [3.63, 3.8) is 0 Å². The van der Waals surface area contributed by atoms with Gasteiger partial charge in [-0.3, -0.25) is 9.97 Å². The van der Waals surface area contributed by atoms with Gasteiger partial charge in [0.05, 0.1) is 0 Å². The summed E-state index contributed by atoms with van der Waals surface area (Å²) in [5, 5.41) is 0. The second-order valence-corrected chi connectivity index (χ2v) is 5.71. The van der Waals surface area contributed by atoms with E-state index in [9.17, 15) is 0 Å². The van der Waals surface area contributed by atoms with Gasteiger partial charge in [-0.1, -0.05) is 6.92 Å². The summed E-state index contributed by atoms with van der Waals surface area (Å²) in [5.74, 6) is 0. The topological polar surface area (TPSA) is 25.8 Å². The molecule has 0 bridgehead atoms. The average Bonchev–Trinajstić information content (AvgIpc) is 2.86. The van der Waals surface area contributed by atoms with Gasteiger partial charge < -0.3 is 0 Å². The molecule has 0 unspecified atom stereocenters. The zero-order valence-electron chi connectivity index (χ0n) is 11.6. The van der Waals surface area contributed by atoms with E-state index < -0.39 is 0 Å². The summed E-state index contributed by atoms with van der Waals surface area (Å²) in [5.41, 5.74) is 5.33. The van der Waals surface area contributed by atoms with Gasteiger partial charge in [0.15, 0.2) is 0 Å². The van der Waals surface area contributed by atoms with Gasteiger partial charge in [-0.05, 0) is 59.9 Å². The molecule has 0 aliphatic carbocycles. The number of rotatable bonds is 3. The number of pyridine rings is 2. The molecule has 0 aliphatic rings. The largest absolute Gasteiger partial charge is 0.265 e. The van der Waals surface area contributed by atoms with Gasteiger partial charge in [-0.25, -0.2) is 0 Å². The van der Waals surface area contributed by atoms with Crippen molar-refractivity contribution in [3.05, 3.63) is 60.2 Å². The van der Waals surface area contributed by atoms with Gasteiger partial charge in [0, 0.05) is 34.5 Å². The predicted octanol–water partition coefficient (Wildman–Crippen LogP) is 4.74. The molecule has 20 heavy (non-hydrogen) atoms. The van der Waals surface area contributed by atoms with E-state index in [1.165, 1.54) is 32.0 Å². The fourth-order valence-corrected chi connectivity index (χ4v) is 3.90. The third kappa shape index (κ3) is 2.25. The molecule has 3 aromatic heterocycles. The van der Waals surface area contributed by atoms with Crippen molar-refractivity contribution >= 4 is 11.3 Å². The third-order valence-corrected chi connectivity index (χ3v) is 4.94. The second kappa shape index (κ2) is 5.55. The molecule has 0 amide bonds. The van der Waals surface area contributed by atoms with Crippen molar-refractivity contribution in [2.75, 3.05) is 0 Å². The van der Waals surface area contributed by atoms with Crippen LogP contribution in [0.1, 0.15) is 18.1 Å². The van der Waals surface area contributed by atoms with E-state index in [0.717, 1.165) is 6.42 Å². The van der Waals surface area contributed by atoms with Crippen LogP contribution in [0.3, 0.4) is 0 Å². The molecule has 3 heteroatoms. The molecule has 0 aromatic carbocycles.